The lowest BCUT2D eigenvalue weighted by Gasteiger charge is -2.41. The summed E-state index contributed by atoms with van der Waals surface area (Å²) in [5.74, 6) is 1.76. The van der Waals surface area contributed by atoms with Crippen molar-refractivity contribution >= 4 is 85.1 Å². The van der Waals surface area contributed by atoms with Gasteiger partial charge in [0.05, 0.1) is 17.1 Å². The average molecular weight is 880 g/mol. The van der Waals surface area contributed by atoms with Crippen LogP contribution in [0, 0.1) is 0 Å². The van der Waals surface area contributed by atoms with Crippen LogP contribution in [0.15, 0.2) is 255 Å². The van der Waals surface area contributed by atoms with E-state index in [0.29, 0.717) is 0 Å². The van der Waals surface area contributed by atoms with Crippen molar-refractivity contribution in [2.24, 2.45) is 0 Å². The highest BCUT2D eigenvalue weighted by Gasteiger charge is 2.43. The number of hydrogen-bond acceptors (Lipinski definition) is 4. The van der Waals surface area contributed by atoms with Crippen molar-refractivity contribution in [3.63, 3.8) is 0 Å². The van der Waals surface area contributed by atoms with E-state index >= 15 is 0 Å². The fourth-order valence-corrected chi connectivity index (χ4v) is 11.2. The maximum atomic E-state index is 7.22. The minimum Gasteiger partial charge on any atom is -0.458 e. The molecule has 0 amide bonds. The largest absolute Gasteiger partial charge is 0.458 e. The van der Waals surface area contributed by atoms with E-state index in [-0.39, 0.29) is 6.71 Å². The van der Waals surface area contributed by atoms with Gasteiger partial charge in [0.1, 0.15) is 11.5 Å². The summed E-state index contributed by atoms with van der Waals surface area (Å²) in [7, 11) is 0. The molecule has 0 saturated carbocycles. The molecule has 0 spiro atoms. The molecule has 0 aliphatic carbocycles. The molecule has 3 aliphatic heterocycles. The molecule has 3 heterocycles. The zero-order valence-corrected chi connectivity index (χ0v) is 37.6. The predicted molar refractivity (Wildman–Crippen MR) is 289 cm³/mol. The number of para-hydroxylation sites is 3. The molecular weight excluding hydrogens is 838 g/mol. The molecule has 3 aliphatic rings. The van der Waals surface area contributed by atoms with Crippen LogP contribution in [0.4, 0.5) is 51.2 Å². The van der Waals surface area contributed by atoms with Crippen LogP contribution in [0.25, 0.3) is 44.2 Å². The number of rotatable bonds is 7. The monoisotopic (exact) mass is 879 g/mol. The molecule has 5 heteroatoms. The third-order valence-corrected chi connectivity index (χ3v) is 14.2. The van der Waals surface area contributed by atoms with Crippen LogP contribution in [-0.2, 0) is 0 Å². The number of hydrogen-bond donors (Lipinski definition) is 0. The quantitative estimate of drug-likeness (QED) is 0.148. The fourth-order valence-electron chi connectivity index (χ4n) is 11.2. The van der Waals surface area contributed by atoms with Crippen molar-refractivity contribution in [3.8, 4) is 44.9 Å². The minimum absolute atomic E-state index is 0.0962. The Morgan fingerprint density at radius 2 is 0.928 bits per heavy atom. The summed E-state index contributed by atoms with van der Waals surface area (Å²) < 4.78 is 7.22. The zero-order valence-electron chi connectivity index (χ0n) is 37.6. The first kappa shape index (κ1) is 39.1. The van der Waals surface area contributed by atoms with E-state index in [2.05, 4.69) is 269 Å². The SMILES string of the molecule is c1ccc(-c2cccc(N3c4cc(-c5ccccc5)ccc4B4c5cc6c(cc5Oc5cccc3c54)-c3ccc(N(c4ccccc4)c4ccccc4)c4cccc(c34)N6c3ccccc3)c2)cc1. The molecule has 0 unspecified atom stereocenters. The first-order valence-electron chi connectivity index (χ1n) is 23.7. The Hall–Kier alpha value is -9.06. The minimum atomic E-state index is -0.0962. The molecule has 4 nitrogen and oxygen atoms in total. The molecule has 0 bridgehead atoms. The van der Waals surface area contributed by atoms with E-state index in [9.17, 15) is 0 Å². The molecule has 0 fully saturated rings. The highest BCUT2D eigenvalue weighted by atomic mass is 16.5. The molecular formula is C64H42BN3O. The molecule has 0 N–H and O–H groups in total. The van der Waals surface area contributed by atoms with Crippen molar-refractivity contribution < 1.29 is 4.74 Å². The Kier molecular flexibility index (Phi) is 8.96. The summed E-state index contributed by atoms with van der Waals surface area (Å²) in [4.78, 5) is 7.30. The molecule has 69 heavy (non-hydrogen) atoms. The van der Waals surface area contributed by atoms with Crippen LogP contribution in [-0.4, -0.2) is 6.71 Å². The number of fused-ring (bicyclic) bond motifs is 6. The van der Waals surface area contributed by atoms with Gasteiger partial charge >= 0.3 is 0 Å². The van der Waals surface area contributed by atoms with Crippen LogP contribution in [0.5, 0.6) is 11.5 Å². The van der Waals surface area contributed by atoms with Crippen LogP contribution < -0.4 is 35.8 Å². The maximum absolute atomic E-state index is 7.22. The Bertz CT molecular complexity index is 3730. The lowest BCUT2D eigenvalue weighted by Crippen LogP contribution is -2.59. The second-order valence-corrected chi connectivity index (χ2v) is 18.0. The molecule has 322 valence electrons. The summed E-state index contributed by atoms with van der Waals surface area (Å²) in [5.41, 5.74) is 20.7. The van der Waals surface area contributed by atoms with E-state index in [1.165, 1.54) is 49.5 Å². The van der Waals surface area contributed by atoms with Gasteiger partial charge in [-0.2, -0.15) is 0 Å². The second-order valence-electron chi connectivity index (χ2n) is 18.0. The van der Waals surface area contributed by atoms with Gasteiger partial charge in [0.15, 0.2) is 0 Å². The zero-order chi connectivity index (χ0) is 45.4. The Morgan fingerprint density at radius 1 is 0.348 bits per heavy atom. The Balaban J connectivity index is 0.995. The van der Waals surface area contributed by atoms with E-state index in [4.69, 9.17) is 4.74 Å². The molecule has 11 aromatic carbocycles. The molecule has 11 aromatic rings. The van der Waals surface area contributed by atoms with Gasteiger partial charge < -0.3 is 19.4 Å². The van der Waals surface area contributed by atoms with Gasteiger partial charge in [-0.25, -0.2) is 0 Å². The van der Waals surface area contributed by atoms with E-state index < -0.39 is 0 Å². The summed E-state index contributed by atoms with van der Waals surface area (Å²) in [6, 6.07) is 92.3. The molecule has 0 radical (unpaired) electrons. The smallest absolute Gasteiger partial charge is 0.256 e. The lowest BCUT2D eigenvalue weighted by molar-refractivity contribution is 0.488. The van der Waals surface area contributed by atoms with Crippen molar-refractivity contribution in [2.75, 3.05) is 14.7 Å². The summed E-state index contributed by atoms with van der Waals surface area (Å²) in [6.07, 6.45) is 0. The first-order valence-corrected chi connectivity index (χ1v) is 23.7. The van der Waals surface area contributed by atoms with E-state index in [0.717, 1.165) is 73.7 Å². The third kappa shape index (κ3) is 6.25. The lowest BCUT2D eigenvalue weighted by atomic mass is 9.34. The van der Waals surface area contributed by atoms with Crippen LogP contribution in [0.1, 0.15) is 0 Å². The number of ether oxygens (including phenoxy) is 1. The van der Waals surface area contributed by atoms with Crippen molar-refractivity contribution in [1.29, 1.82) is 0 Å². The summed E-state index contributed by atoms with van der Waals surface area (Å²) in [5, 5.41) is 2.37. The second kappa shape index (κ2) is 15.8. The fraction of sp³-hybridized carbons (Fsp3) is 0. The van der Waals surface area contributed by atoms with E-state index in [1.54, 1.807) is 0 Å². The topological polar surface area (TPSA) is 19.0 Å². The predicted octanol–water partition coefficient (Wildman–Crippen LogP) is 15.5. The van der Waals surface area contributed by atoms with Crippen LogP contribution >= 0.6 is 0 Å². The number of benzene rings is 11. The molecule has 0 saturated heterocycles. The average Bonchev–Trinajstić information content (AvgIpc) is 3.42. The normalized spacial score (nSPS) is 12.7. The van der Waals surface area contributed by atoms with Crippen molar-refractivity contribution in [3.05, 3.63) is 255 Å². The van der Waals surface area contributed by atoms with Gasteiger partial charge in [-0.05, 0) is 135 Å². The van der Waals surface area contributed by atoms with Crippen LogP contribution in [0.3, 0.4) is 0 Å². The highest BCUT2D eigenvalue weighted by Crippen LogP contribution is 2.55. The van der Waals surface area contributed by atoms with Gasteiger partial charge in [-0.15, -0.1) is 0 Å². The third-order valence-electron chi connectivity index (χ3n) is 14.2. The highest BCUT2D eigenvalue weighted by molar-refractivity contribution is 6.99. The maximum Gasteiger partial charge on any atom is 0.256 e. The van der Waals surface area contributed by atoms with Gasteiger partial charge in [-0.1, -0.05) is 164 Å². The molecule has 0 aromatic heterocycles. The van der Waals surface area contributed by atoms with Crippen LogP contribution in [0.2, 0.25) is 0 Å². The van der Waals surface area contributed by atoms with Crippen molar-refractivity contribution in [2.45, 2.75) is 0 Å². The van der Waals surface area contributed by atoms with Gasteiger partial charge in [0.25, 0.3) is 6.71 Å². The summed E-state index contributed by atoms with van der Waals surface area (Å²) >= 11 is 0. The van der Waals surface area contributed by atoms with Gasteiger partial charge in [-0.3, -0.25) is 0 Å². The Labute approximate surface area is 402 Å². The number of anilines is 9. The van der Waals surface area contributed by atoms with Crippen molar-refractivity contribution in [1.82, 2.24) is 0 Å². The summed E-state index contributed by atoms with van der Waals surface area (Å²) in [6.45, 7) is -0.0962. The standard InChI is InChI=1S/C64H42BN3O/c1-6-19-43(20-7-1)45-23-16-30-50(39-45)68-58-33-18-34-61-64(58)65(54-37-35-46(40-60(54)68)44-21-8-2-9-22-44)55-42-59-53(41-62(55)69-61)51-36-38-56(66(47-24-10-3-11-25-47)48-26-12-4-13-27-48)52-31-17-32-57(63(51)52)67(59)49-28-14-5-15-29-49/h1-42H. The number of nitrogens with zero attached hydrogens (tertiary/aromatic N) is 3. The molecule has 0 atom stereocenters. The van der Waals surface area contributed by atoms with E-state index in [1.807, 2.05) is 0 Å². The van der Waals surface area contributed by atoms with Gasteiger partial charge in [0, 0.05) is 50.5 Å². The van der Waals surface area contributed by atoms with Gasteiger partial charge in [0.2, 0.25) is 0 Å². The first-order chi connectivity index (χ1) is 34.2. The Morgan fingerprint density at radius 3 is 1.64 bits per heavy atom. The molecule has 14 rings (SSSR count).